The summed E-state index contributed by atoms with van der Waals surface area (Å²) in [7, 11) is 1.95. The molecule has 0 radical (unpaired) electrons. The van der Waals surface area contributed by atoms with Gasteiger partial charge in [-0.15, -0.1) is 0 Å². The Kier molecular flexibility index (Phi) is 3.29. The van der Waals surface area contributed by atoms with Crippen molar-refractivity contribution in [2.75, 3.05) is 20.1 Å². The van der Waals surface area contributed by atoms with Gasteiger partial charge in [-0.05, 0) is 12.0 Å². The molecule has 0 spiro atoms. The van der Waals surface area contributed by atoms with Crippen molar-refractivity contribution >= 4 is 5.96 Å². The van der Waals surface area contributed by atoms with E-state index >= 15 is 0 Å². The number of oxime groups is 1. The molecule has 1 N–H and O–H groups in total. The van der Waals surface area contributed by atoms with Gasteiger partial charge in [0.05, 0.1) is 0 Å². The summed E-state index contributed by atoms with van der Waals surface area (Å²) in [6.07, 6.45) is 1.10. The Morgan fingerprint density at radius 1 is 1.25 bits per heavy atom. The van der Waals surface area contributed by atoms with Crippen LogP contribution in [0.25, 0.3) is 0 Å². The Morgan fingerprint density at radius 3 is 2.69 bits per heavy atom. The third-order valence-electron chi connectivity index (χ3n) is 2.85. The van der Waals surface area contributed by atoms with Crippen LogP contribution in [0.5, 0.6) is 0 Å². The van der Waals surface area contributed by atoms with Crippen molar-refractivity contribution in [2.24, 2.45) is 5.16 Å². The Morgan fingerprint density at radius 2 is 2.00 bits per heavy atom. The van der Waals surface area contributed by atoms with E-state index < -0.39 is 0 Å². The highest BCUT2D eigenvalue weighted by Gasteiger charge is 2.21. The fraction of sp³-hybridized carbons (Fsp3) is 0.417. The third kappa shape index (κ3) is 2.27. The fourth-order valence-electron chi connectivity index (χ4n) is 2.03. The fourth-order valence-corrected chi connectivity index (χ4v) is 2.03. The van der Waals surface area contributed by atoms with E-state index in [0.717, 1.165) is 26.1 Å². The van der Waals surface area contributed by atoms with Crippen molar-refractivity contribution in [3.8, 4) is 0 Å². The van der Waals surface area contributed by atoms with Crippen molar-refractivity contribution in [1.82, 2.24) is 9.80 Å². The van der Waals surface area contributed by atoms with E-state index in [1.165, 1.54) is 5.56 Å². The van der Waals surface area contributed by atoms with Crippen LogP contribution in [0.15, 0.2) is 35.5 Å². The highest BCUT2D eigenvalue weighted by Crippen LogP contribution is 2.11. The number of guanidine groups is 1. The SMILES string of the molecule is CN1CCCN(Cc2ccccc2)C1=NO. The lowest BCUT2D eigenvalue weighted by molar-refractivity contribution is 0.234. The Hall–Kier alpha value is -1.71. The highest BCUT2D eigenvalue weighted by molar-refractivity contribution is 5.79. The predicted octanol–water partition coefficient (Wildman–Crippen LogP) is 1.57. The van der Waals surface area contributed by atoms with Gasteiger partial charge < -0.3 is 15.0 Å². The van der Waals surface area contributed by atoms with Crippen LogP contribution in [-0.2, 0) is 6.54 Å². The highest BCUT2D eigenvalue weighted by atomic mass is 16.4. The molecule has 0 unspecified atom stereocenters. The third-order valence-corrected chi connectivity index (χ3v) is 2.85. The minimum absolute atomic E-state index is 0.662. The van der Waals surface area contributed by atoms with Crippen LogP contribution in [0.2, 0.25) is 0 Å². The molecule has 4 heteroatoms. The van der Waals surface area contributed by atoms with Crippen molar-refractivity contribution in [2.45, 2.75) is 13.0 Å². The molecule has 1 aromatic carbocycles. The second kappa shape index (κ2) is 4.88. The summed E-state index contributed by atoms with van der Waals surface area (Å²) in [5.74, 6) is 0.662. The largest absolute Gasteiger partial charge is 0.408 e. The van der Waals surface area contributed by atoms with Gasteiger partial charge in [0.25, 0.3) is 0 Å². The lowest BCUT2D eigenvalue weighted by atomic mass is 10.2. The molecule has 0 aromatic heterocycles. The zero-order valence-electron chi connectivity index (χ0n) is 9.50. The van der Waals surface area contributed by atoms with E-state index in [4.69, 9.17) is 5.21 Å². The van der Waals surface area contributed by atoms with Gasteiger partial charge in [-0.3, -0.25) is 0 Å². The van der Waals surface area contributed by atoms with Crippen LogP contribution in [0.3, 0.4) is 0 Å². The van der Waals surface area contributed by atoms with Gasteiger partial charge >= 0.3 is 0 Å². The first kappa shape index (κ1) is 10.8. The number of nitrogens with zero attached hydrogens (tertiary/aromatic N) is 3. The molecule has 2 rings (SSSR count). The summed E-state index contributed by atoms with van der Waals surface area (Å²) < 4.78 is 0. The van der Waals surface area contributed by atoms with Crippen LogP contribution in [-0.4, -0.2) is 41.1 Å². The average Bonchev–Trinajstić information content (AvgIpc) is 2.31. The van der Waals surface area contributed by atoms with E-state index in [1.807, 2.05) is 30.1 Å². The minimum atomic E-state index is 0.662. The standard InChI is InChI=1S/C12H17N3O/c1-14-8-5-9-15(12(14)13-16)10-11-6-3-2-4-7-11/h2-4,6-7,16H,5,8-10H2,1H3. The molecule has 86 valence electrons. The first-order valence-corrected chi connectivity index (χ1v) is 5.53. The molecule has 1 aliphatic rings. The van der Waals surface area contributed by atoms with E-state index in [1.54, 1.807) is 0 Å². The zero-order chi connectivity index (χ0) is 11.4. The van der Waals surface area contributed by atoms with E-state index in [0.29, 0.717) is 5.96 Å². The normalized spacial score (nSPS) is 19.2. The average molecular weight is 219 g/mol. The maximum absolute atomic E-state index is 9.01. The van der Waals surface area contributed by atoms with E-state index in [9.17, 15) is 0 Å². The molecule has 0 aliphatic carbocycles. The summed E-state index contributed by atoms with van der Waals surface area (Å²) in [5.41, 5.74) is 1.24. The van der Waals surface area contributed by atoms with Crippen LogP contribution in [0.4, 0.5) is 0 Å². The summed E-state index contributed by atoms with van der Waals surface area (Å²) in [6, 6.07) is 10.2. The van der Waals surface area contributed by atoms with Crippen molar-refractivity contribution in [1.29, 1.82) is 0 Å². The molecule has 1 heterocycles. The van der Waals surface area contributed by atoms with Crippen molar-refractivity contribution in [3.63, 3.8) is 0 Å². The van der Waals surface area contributed by atoms with Crippen molar-refractivity contribution in [3.05, 3.63) is 35.9 Å². The van der Waals surface area contributed by atoms with Gasteiger partial charge in [-0.25, -0.2) is 0 Å². The van der Waals surface area contributed by atoms with Gasteiger partial charge in [0, 0.05) is 26.7 Å². The Balaban J connectivity index is 2.09. The maximum Gasteiger partial charge on any atom is 0.238 e. The smallest absolute Gasteiger partial charge is 0.238 e. The van der Waals surface area contributed by atoms with Gasteiger partial charge in [-0.1, -0.05) is 35.5 Å². The molecule has 0 saturated carbocycles. The molecular formula is C12H17N3O. The van der Waals surface area contributed by atoms with Gasteiger partial charge in [0.1, 0.15) is 0 Å². The second-order valence-electron chi connectivity index (χ2n) is 4.08. The molecular weight excluding hydrogens is 202 g/mol. The lowest BCUT2D eigenvalue weighted by Gasteiger charge is -2.35. The summed E-state index contributed by atoms with van der Waals surface area (Å²) in [5, 5.41) is 12.4. The van der Waals surface area contributed by atoms with Crippen LogP contribution >= 0.6 is 0 Å². The summed E-state index contributed by atoms with van der Waals surface area (Å²) >= 11 is 0. The number of hydrogen-bond donors (Lipinski definition) is 1. The first-order valence-electron chi connectivity index (χ1n) is 5.53. The molecule has 0 amide bonds. The van der Waals surface area contributed by atoms with Crippen LogP contribution in [0.1, 0.15) is 12.0 Å². The zero-order valence-corrected chi connectivity index (χ0v) is 9.50. The number of benzene rings is 1. The van der Waals surface area contributed by atoms with Crippen LogP contribution < -0.4 is 0 Å². The van der Waals surface area contributed by atoms with Gasteiger partial charge in [0.2, 0.25) is 5.96 Å². The molecule has 4 nitrogen and oxygen atoms in total. The maximum atomic E-state index is 9.01. The second-order valence-corrected chi connectivity index (χ2v) is 4.08. The first-order chi connectivity index (χ1) is 7.81. The molecule has 0 bridgehead atoms. The Bertz CT molecular complexity index is 364. The quantitative estimate of drug-likeness (QED) is 0.606. The van der Waals surface area contributed by atoms with E-state index in [2.05, 4.69) is 22.2 Å². The molecule has 1 aromatic rings. The van der Waals surface area contributed by atoms with Crippen molar-refractivity contribution < 1.29 is 5.21 Å². The molecule has 0 atom stereocenters. The predicted molar refractivity (Wildman–Crippen MR) is 63.3 cm³/mol. The van der Waals surface area contributed by atoms with Gasteiger partial charge in [-0.2, -0.15) is 0 Å². The molecule has 1 fully saturated rings. The monoisotopic (exact) mass is 219 g/mol. The number of hydrogen-bond acceptors (Lipinski definition) is 2. The molecule has 1 aliphatic heterocycles. The van der Waals surface area contributed by atoms with Gasteiger partial charge in [0.15, 0.2) is 0 Å². The van der Waals surface area contributed by atoms with E-state index in [-0.39, 0.29) is 0 Å². The molecule has 16 heavy (non-hydrogen) atoms. The summed E-state index contributed by atoms with van der Waals surface area (Å²) in [4.78, 5) is 4.07. The summed E-state index contributed by atoms with van der Waals surface area (Å²) in [6.45, 7) is 2.69. The number of rotatable bonds is 2. The van der Waals surface area contributed by atoms with Crippen LogP contribution in [0, 0.1) is 0 Å². The Labute approximate surface area is 95.8 Å². The molecule has 1 saturated heterocycles. The lowest BCUT2D eigenvalue weighted by Crippen LogP contribution is -2.47. The minimum Gasteiger partial charge on any atom is -0.408 e. The topological polar surface area (TPSA) is 39.1 Å².